The van der Waals surface area contributed by atoms with E-state index in [0.717, 1.165) is 0 Å². The van der Waals surface area contributed by atoms with Gasteiger partial charge in [0.1, 0.15) is 0 Å². The monoisotopic (exact) mass is 688 g/mol. The van der Waals surface area contributed by atoms with Gasteiger partial charge in [0.2, 0.25) is 0 Å². The Balaban J connectivity index is 0.000000963. The van der Waals surface area contributed by atoms with Crippen LogP contribution in [0.2, 0.25) is 0 Å². The molecule has 0 saturated carbocycles. The van der Waals surface area contributed by atoms with Crippen molar-refractivity contribution in [2.24, 2.45) is 0 Å². The molecule has 2 aromatic carbocycles. The Morgan fingerprint density at radius 3 is 1.63 bits per heavy atom. The predicted molar refractivity (Wildman–Crippen MR) is 126 cm³/mol. The van der Waals surface area contributed by atoms with Crippen LogP contribution in [0.3, 0.4) is 0 Å². The van der Waals surface area contributed by atoms with Crippen molar-refractivity contribution >= 4 is 90.4 Å². The normalized spacial score (nSPS) is 23.5. The molecule has 0 saturated heterocycles. The first kappa shape index (κ1) is 22.7. The fourth-order valence-corrected chi connectivity index (χ4v) is 15.7. The summed E-state index contributed by atoms with van der Waals surface area (Å²) in [6.45, 7) is 0. The first-order chi connectivity index (χ1) is 13.7. The van der Waals surface area contributed by atoms with Crippen molar-refractivity contribution in [2.75, 3.05) is 0 Å². The maximum Gasteiger partial charge on any atom is -1.00 e. The van der Waals surface area contributed by atoms with E-state index in [9.17, 15) is 0 Å². The summed E-state index contributed by atoms with van der Waals surface area (Å²) in [6, 6.07) is 13.8. The summed E-state index contributed by atoms with van der Waals surface area (Å²) in [6.07, 6.45) is 5.00. The Hall–Kier alpha value is 0.873. The van der Waals surface area contributed by atoms with Gasteiger partial charge in [-0.25, -0.2) is 0 Å². The van der Waals surface area contributed by atoms with E-state index in [2.05, 4.69) is 80.4 Å². The molecule has 0 radical (unpaired) electrons. The fraction of sp³-hybridized carbons (Fsp3) is 0.0909. The summed E-state index contributed by atoms with van der Waals surface area (Å²) < 4.78 is 6.05. The van der Waals surface area contributed by atoms with Crippen LogP contribution in [0.25, 0.3) is 23.3 Å². The average molecular weight is 692 g/mol. The van der Waals surface area contributed by atoms with Crippen molar-refractivity contribution in [3.63, 3.8) is 0 Å². The molecular formula is C22H10Br2Cl2S3Zr. The average Bonchev–Trinajstić information content (AvgIpc) is 3.36. The van der Waals surface area contributed by atoms with Gasteiger partial charge in [-0.2, -0.15) is 0 Å². The van der Waals surface area contributed by atoms with Crippen LogP contribution in [0.4, 0.5) is 0 Å². The Bertz CT molecular complexity index is 1350. The molecule has 0 fully saturated rings. The third-order valence-corrected chi connectivity index (χ3v) is 17.4. The molecule has 148 valence electrons. The Kier molecular flexibility index (Phi) is 6.25. The van der Waals surface area contributed by atoms with Crippen molar-refractivity contribution in [1.82, 2.24) is 0 Å². The van der Waals surface area contributed by atoms with Crippen LogP contribution in [0.15, 0.2) is 60.4 Å². The summed E-state index contributed by atoms with van der Waals surface area (Å²) in [5, 5.41) is 6.79. The summed E-state index contributed by atoms with van der Waals surface area (Å²) in [5.41, 5.74) is 3.18. The first-order valence-corrected chi connectivity index (χ1v) is 15.6. The summed E-state index contributed by atoms with van der Waals surface area (Å²) >= 11 is 12.9. The smallest absolute Gasteiger partial charge is 1.00 e. The molecule has 2 aromatic rings. The van der Waals surface area contributed by atoms with Crippen molar-refractivity contribution in [3.05, 3.63) is 71.5 Å². The van der Waals surface area contributed by atoms with Gasteiger partial charge in [-0.15, -0.1) is 0 Å². The van der Waals surface area contributed by atoms with Crippen LogP contribution in [0.1, 0.15) is 0 Å². The van der Waals surface area contributed by atoms with E-state index in [1.807, 2.05) is 35.3 Å². The number of thioether (sulfide) groups is 2. The van der Waals surface area contributed by atoms with E-state index in [-0.39, 0.29) is 24.8 Å². The number of hydrogen-bond acceptors (Lipinski definition) is 3. The largest absolute Gasteiger partial charge is 1.00 e. The van der Waals surface area contributed by atoms with Crippen molar-refractivity contribution in [2.45, 2.75) is 20.3 Å². The first-order valence-electron chi connectivity index (χ1n) is 8.98. The molecule has 2 aliphatic carbocycles. The second-order valence-electron chi connectivity index (χ2n) is 7.20. The van der Waals surface area contributed by atoms with Gasteiger partial charge in [0, 0.05) is 0 Å². The molecule has 0 N–H and O–H groups in total. The maximum atomic E-state index is 3.95. The zero-order valence-electron chi connectivity index (χ0n) is 15.0. The van der Waals surface area contributed by atoms with Gasteiger partial charge in [-0.1, -0.05) is 0 Å². The summed E-state index contributed by atoms with van der Waals surface area (Å²) in [5.74, 6) is 0. The number of rotatable bonds is 0. The quantitative estimate of drug-likeness (QED) is 0.320. The van der Waals surface area contributed by atoms with Gasteiger partial charge in [-0.3, -0.25) is 0 Å². The minimum atomic E-state index is -0.956. The minimum Gasteiger partial charge on any atom is -1.00 e. The summed E-state index contributed by atoms with van der Waals surface area (Å²) in [7, 11) is 0. The molecule has 0 aromatic heterocycles. The molecule has 0 nitrogen and oxygen atoms in total. The second-order valence-corrected chi connectivity index (χ2v) is 16.3. The van der Waals surface area contributed by atoms with Crippen LogP contribution in [0.5, 0.6) is 0 Å². The van der Waals surface area contributed by atoms with Crippen LogP contribution in [0, 0.1) is 0 Å². The fourth-order valence-electron chi connectivity index (χ4n) is 4.62. The Morgan fingerprint density at radius 1 is 0.700 bits per heavy atom. The van der Waals surface area contributed by atoms with Gasteiger partial charge in [0.25, 0.3) is 0 Å². The third kappa shape index (κ3) is 3.11. The molecular weight excluding hydrogens is 682 g/mol. The van der Waals surface area contributed by atoms with Gasteiger partial charge >= 0.3 is 205 Å². The van der Waals surface area contributed by atoms with E-state index in [0.29, 0.717) is 10.5 Å². The van der Waals surface area contributed by atoms with Gasteiger partial charge in [0.05, 0.1) is 0 Å². The van der Waals surface area contributed by atoms with Gasteiger partial charge in [0.15, 0.2) is 0 Å². The zero-order valence-corrected chi connectivity index (χ0v) is 24.6. The number of benzene rings is 2. The van der Waals surface area contributed by atoms with E-state index in [1.165, 1.54) is 38.3 Å². The molecule has 0 amide bonds. The molecule has 8 heteroatoms. The Labute approximate surface area is 227 Å². The topological polar surface area (TPSA) is 0 Å². The molecule has 8 bridgehead atoms. The number of allylic oxidation sites excluding steroid dienone is 2. The molecule has 7 rings (SSSR count). The van der Waals surface area contributed by atoms with E-state index in [1.54, 1.807) is 17.7 Å². The molecule has 2 unspecified atom stereocenters. The van der Waals surface area contributed by atoms with E-state index in [4.69, 9.17) is 0 Å². The SMILES string of the molecule is BrC1=[C]2[Zr+2][C]3=C(Br)SC4C=c5c(cccc5=C34)Sc3cccc4c3=CC(S1)C=42.[Cl-].[Cl-]. The van der Waals surface area contributed by atoms with Gasteiger partial charge in [-0.05, 0) is 0 Å². The van der Waals surface area contributed by atoms with Gasteiger partial charge < -0.3 is 24.8 Å². The van der Waals surface area contributed by atoms with Crippen molar-refractivity contribution in [3.8, 4) is 0 Å². The second kappa shape index (κ2) is 8.27. The number of halogens is 4. The third-order valence-electron chi connectivity index (χ3n) is 5.78. The molecule has 2 atom stereocenters. The Morgan fingerprint density at radius 2 is 1.17 bits per heavy atom. The molecule has 0 spiro atoms. The van der Waals surface area contributed by atoms with Crippen LogP contribution in [-0.4, -0.2) is 10.5 Å². The molecule has 3 heterocycles. The predicted octanol–water partition coefficient (Wildman–Crippen LogP) is -1.81. The minimum absolute atomic E-state index is 0. The van der Waals surface area contributed by atoms with Crippen LogP contribution < -0.4 is 45.7 Å². The van der Waals surface area contributed by atoms with E-state index < -0.39 is 23.2 Å². The molecule has 5 aliphatic rings. The molecule has 30 heavy (non-hydrogen) atoms. The van der Waals surface area contributed by atoms with Crippen LogP contribution >= 0.6 is 67.1 Å². The number of hydrogen-bond donors (Lipinski definition) is 0. The van der Waals surface area contributed by atoms with Crippen molar-refractivity contribution < 1.29 is 48.0 Å². The van der Waals surface area contributed by atoms with Crippen LogP contribution in [-0.2, 0) is 23.2 Å². The standard InChI is InChI=1S/C22H10Br2S3.2ClH.Zr/c23-21-9-15-11-3-1-5-17(13(11)7-19(15)26-21)25-18-6-2-4-12-14(18)8-20-16(12)10-22(24)27-20;;;/h1-8,19-20H;2*1H;/q;;;+2/p-2. The zero-order chi connectivity index (χ0) is 18.6. The summed E-state index contributed by atoms with van der Waals surface area (Å²) in [4.78, 5) is 2.80. The molecule has 3 aliphatic heterocycles. The van der Waals surface area contributed by atoms with Crippen molar-refractivity contribution in [1.29, 1.82) is 0 Å². The van der Waals surface area contributed by atoms with E-state index >= 15 is 0 Å². The maximum absolute atomic E-state index is 3.95.